The lowest BCUT2D eigenvalue weighted by Gasteiger charge is -2.38. The molecule has 22 heavy (non-hydrogen) atoms. The normalized spacial score (nSPS) is 14.8. The summed E-state index contributed by atoms with van der Waals surface area (Å²) in [5.41, 5.74) is 7.05. The highest BCUT2D eigenvalue weighted by Gasteiger charge is 2.26. The first-order chi connectivity index (χ1) is 10.5. The summed E-state index contributed by atoms with van der Waals surface area (Å²) in [7, 11) is 0. The fraction of sp³-hybridized carbons (Fsp3) is 0.500. The van der Waals surface area contributed by atoms with E-state index >= 15 is 0 Å². The van der Waals surface area contributed by atoms with Crippen molar-refractivity contribution in [1.82, 2.24) is 9.97 Å². The van der Waals surface area contributed by atoms with Gasteiger partial charge in [0.2, 0.25) is 0 Å². The van der Waals surface area contributed by atoms with E-state index in [4.69, 9.17) is 17.3 Å². The molecular formula is C16H23ClN4S. The average molecular weight is 339 g/mol. The van der Waals surface area contributed by atoms with Crippen LogP contribution >= 0.6 is 23.4 Å². The number of halogens is 1. The number of anilines is 1. The number of nitrogens with two attached hydrogens (primary N) is 1. The summed E-state index contributed by atoms with van der Waals surface area (Å²) in [6.07, 6.45) is 7.85. The zero-order chi connectivity index (χ0) is 16.3. The Morgan fingerprint density at radius 3 is 2.41 bits per heavy atom. The summed E-state index contributed by atoms with van der Waals surface area (Å²) in [4.78, 5) is 11.0. The van der Waals surface area contributed by atoms with Crippen LogP contribution in [0.4, 0.5) is 5.82 Å². The third-order valence-electron chi connectivity index (χ3n) is 3.58. The van der Waals surface area contributed by atoms with Crippen LogP contribution in [0.15, 0.2) is 18.5 Å². The Hall–Kier alpha value is -1.04. The average Bonchev–Trinajstić information content (AvgIpc) is 2.43. The molecule has 3 rings (SSSR count). The number of nitrogens with zero attached hydrogens (tertiary/aromatic N) is 3. The van der Waals surface area contributed by atoms with Crippen LogP contribution in [0.3, 0.4) is 0 Å². The molecule has 0 unspecified atom stereocenters. The number of hydrogen-bond donors (Lipinski definition) is 1. The molecule has 2 N–H and O–H groups in total. The van der Waals surface area contributed by atoms with Crippen LogP contribution in [0.5, 0.6) is 0 Å². The smallest absolute Gasteiger partial charge is 0.138 e. The lowest BCUT2D eigenvalue weighted by molar-refractivity contribution is 0.516. The van der Waals surface area contributed by atoms with E-state index in [0.29, 0.717) is 11.1 Å². The van der Waals surface area contributed by atoms with Crippen LogP contribution in [0.1, 0.15) is 25.3 Å². The Balaban J connectivity index is 0.000000545. The summed E-state index contributed by atoms with van der Waals surface area (Å²) >= 11 is 7.78. The standard InChI is InChI=1S/C14H17ClN4.C2H6S/c1-8(2)11-4-18-14(19-6-9(16)7-19)12-5-17-13(15)3-10(11)12;1-3-2/h3-5,8-9H,6-7,16H2,1-2H3;1-2H3. The molecule has 1 aliphatic heterocycles. The predicted molar refractivity (Wildman–Crippen MR) is 98.3 cm³/mol. The quantitative estimate of drug-likeness (QED) is 0.849. The lowest BCUT2D eigenvalue weighted by atomic mass is 9.98. The Kier molecular flexibility index (Phi) is 5.89. The summed E-state index contributed by atoms with van der Waals surface area (Å²) in [5, 5.41) is 2.72. The molecule has 0 saturated carbocycles. The second-order valence-electron chi connectivity index (χ2n) is 5.82. The van der Waals surface area contributed by atoms with E-state index in [0.717, 1.165) is 29.7 Å². The van der Waals surface area contributed by atoms with Crippen molar-refractivity contribution in [2.45, 2.75) is 25.8 Å². The van der Waals surface area contributed by atoms with Crippen molar-refractivity contribution in [1.29, 1.82) is 0 Å². The van der Waals surface area contributed by atoms with Crippen LogP contribution in [0.2, 0.25) is 5.15 Å². The van der Waals surface area contributed by atoms with E-state index in [-0.39, 0.29) is 6.04 Å². The summed E-state index contributed by atoms with van der Waals surface area (Å²) in [5.74, 6) is 1.37. The van der Waals surface area contributed by atoms with E-state index in [1.165, 1.54) is 5.56 Å². The van der Waals surface area contributed by atoms with Crippen molar-refractivity contribution >= 4 is 40.0 Å². The molecule has 0 atom stereocenters. The van der Waals surface area contributed by atoms with Crippen molar-refractivity contribution in [3.63, 3.8) is 0 Å². The minimum atomic E-state index is 0.252. The van der Waals surface area contributed by atoms with Crippen LogP contribution in [-0.2, 0) is 0 Å². The number of hydrogen-bond acceptors (Lipinski definition) is 5. The van der Waals surface area contributed by atoms with Gasteiger partial charge in [-0.3, -0.25) is 0 Å². The van der Waals surface area contributed by atoms with Gasteiger partial charge in [-0.2, -0.15) is 11.8 Å². The molecule has 1 fully saturated rings. The topological polar surface area (TPSA) is 55.0 Å². The van der Waals surface area contributed by atoms with Gasteiger partial charge < -0.3 is 10.6 Å². The van der Waals surface area contributed by atoms with Gasteiger partial charge >= 0.3 is 0 Å². The van der Waals surface area contributed by atoms with Gasteiger partial charge in [0, 0.05) is 36.9 Å². The molecule has 120 valence electrons. The SMILES string of the molecule is CC(C)c1cnc(N2CC(N)C2)c2cnc(Cl)cc12.CSC. The van der Waals surface area contributed by atoms with Gasteiger partial charge in [-0.15, -0.1) is 0 Å². The van der Waals surface area contributed by atoms with E-state index in [1.54, 1.807) is 11.8 Å². The van der Waals surface area contributed by atoms with Gasteiger partial charge in [0.15, 0.2) is 0 Å². The first-order valence-electron chi connectivity index (χ1n) is 7.32. The maximum atomic E-state index is 6.03. The number of rotatable bonds is 2. The molecule has 0 aliphatic carbocycles. The first kappa shape index (κ1) is 17.3. The van der Waals surface area contributed by atoms with Gasteiger partial charge in [0.25, 0.3) is 0 Å². The van der Waals surface area contributed by atoms with Gasteiger partial charge in [-0.25, -0.2) is 9.97 Å². The zero-order valence-corrected chi connectivity index (χ0v) is 15.1. The van der Waals surface area contributed by atoms with Crippen LogP contribution < -0.4 is 10.6 Å². The van der Waals surface area contributed by atoms with E-state index < -0.39 is 0 Å². The summed E-state index contributed by atoms with van der Waals surface area (Å²) in [6.45, 7) is 6.02. The molecule has 0 amide bonds. The largest absolute Gasteiger partial charge is 0.353 e. The maximum absolute atomic E-state index is 6.03. The number of thioether (sulfide) groups is 1. The van der Waals surface area contributed by atoms with Gasteiger partial charge in [0.05, 0.1) is 0 Å². The minimum absolute atomic E-state index is 0.252. The minimum Gasteiger partial charge on any atom is -0.353 e. The second-order valence-corrected chi connectivity index (χ2v) is 7.02. The summed E-state index contributed by atoms with van der Waals surface area (Å²) < 4.78 is 0. The molecule has 1 aliphatic rings. The molecule has 2 aromatic rings. The Morgan fingerprint density at radius 1 is 1.23 bits per heavy atom. The van der Waals surface area contributed by atoms with Gasteiger partial charge in [0.1, 0.15) is 11.0 Å². The highest BCUT2D eigenvalue weighted by atomic mass is 35.5. The fourth-order valence-corrected chi connectivity index (χ4v) is 2.67. The Labute approximate surface area is 141 Å². The van der Waals surface area contributed by atoms with Crippen molar-refractivity contribution in [2.75, 3.05) is 30.5 Å². The molecule has 0 radical (unpaired) electrons. The molecule has 0 bridgehead atoms. The first-order valence-corrected chi connectivity index (χ1v) is 9.33. The van der Waals surface area contributed by atoms with Crippen LogP contribution in [0.25, 0.3) is 10.8 Å². The zero-order valence-electron chi connectivity index (χ0n) is 13.5. The van der Waals surface area contributed by atoms with Crippen LogP contribution in [-0.4, -0.2) is 41.6 Å². The van der Waals surface area contributed by atoms with Crippen LogP contribution in [0, 0.1) is 0 Å². The Morgan fingerprint density at radius 2 is 1.86 bits per heavy atom. The third kappa shape index (κ3) is 3.65. The highest BCUT2D eigenvalue weighted by molar-refractivity contribution is 7.97. The molecule has 4 nitrogen and oxygen atoms in total. The Bertz CT molecular complexity index is 641. The van der Waals surface area contributed by atoms with E-state index in [1.807, 2.05) is 31.0 Å². The molecular weight excluding hydrogens is 316 g/mol. The lowest BCUT2D eigenvalue weighted by Crippen LogP contribution is -2.56. The highest BCUT2D eigenvalue weighted by Crippen LogP contribution is 2.33. The molecule has 0 spiro atoms. The van der Waals surface area contributed by atoms with Crippen molar-refractivity contribution in [2.24, 2.45) is 5.73 Å². The molecule has 0 aromatic carbocycles. The maximum Gasteiger partial charge on any atom is 0.138 e. The number of pyridine rings is 2. The molecule has 6 heteroatoms. The molecule has 3 heterocycles. The monoisotopic (exact) mass is 338 g/mol. The molecule has 1 saturated heterocycles. The van der Waals surface area contributed by atoms with Gasteiger partial charge in [-0.05, 0) is 35.4 Å². The number of aromatic nitrogens is 2. The molecule has 2 aromatic heterocycles. The van der Waals surface area contributed by atoms with Crippen molar-refractivity contribution in [3.05, 3.63) is 29.2 Å². The third-order valence-corrected chi connectivity index (χ3v) is 3.79. The van der Waals surface area contributed by atoms with E-state index in [2.05, 4.69) is 28.7 Å². The van der Waals surface area contributed by atoms with E-state index in [9.17, 15) is 0 Å². The van der Waals surface area contributed by atoms with Gasteiger partial charge in [-0.1, -0.05) is 25.4 Å². The van der Waals surface area contributed by atoms with Crippen molar-refractivity contribution < 1.29 is 0 Å². The summed E-state index contributed by atoms with van der Waals surface area (Å²) in [6, 6.07) is 2.18. The second kappa shape index (κ2) is 7.49. The fourth-order valence-electron chi connectivity index (χ4n) is 2.51. The van der Waals surface area contributed by atoms with Crippen molar-refractivity contribution in [3.8, 4) is 0 Å². The number of fused-ring (bicyclic) bond motifs is 1. The predicted octanol–water partition coefficient (Wildman–Crippen LogP) is 3.53.